The van der Waals surface area contributed by atoms with Crippen LogP contribution in [0.5, 0.6) is 0 Å². The number of hydrogen-bond acceptors (Lipinski definition) is 4. The third-order valence-electron chi connectivity index (χ3n) is 9.34. The van der Waals surface area contributed by atoms with Crippen LogP contribution >= 0.6 is 0 Å². The zero-order valence-corrected chi connectivity index (χ0v) is 27.2. The predicted molar refractivity (Wildman–Crippen MR) is 187 cm³/mol. The number of carboxylic acids is 1. The number of rotatable bonds is 12. The topological polar surface area (TPSA) is 101 Å². The summed E-state index contributed by atoms with van der Waals surface area (Å²) in [6.07, 6.45) is 0. The van der Waals surface area contributed by atoms with Crippen LogP contribution in [0, 0.1) is 0 Å². The van der Waals surface area contributed by atoms with Gasteiger partial charge in [0.05, 0.1) is 6.04 Å². The number of nitrogens with zero attached hydrogens (tertiary/aromatic N) is 3. The third kappa shape index (κ3) is 6.82. The molecule has 1 aliphatic heterocycles. The van der Waals surface area contributed by atoms with Crippen molar-refractivity contribution in [2.24, 2.45) is 0 Å². The van der Waals surface area contributed by atoms with E-state index in [1.54, 1.807) is 6.92 Å². The number of aliphatic hydroxyl groups is 1. The van der Waals surface area contributed by atoms with Crippen molar-refractivity contribution in [2.75, 3.05) is 0 Å². The first-order valence-electron chi connectivity index (χ1n) is 16.3. The van der Waals surface area contributed by atoms with Gasteiger partial charge in [0.2, 0.25) is 5.91 Å². The van der Waals surface area contributed by atoms with Crippen LogP contribution in [0.15, 0.2) is 152 Å². The molecule has 3 amide bonds. The highest BCUT2D eigenvalue weighted by atomic mass is 16.4. The van der Waals surface area contributed by atoms with Gasteiger partial charge in [-0.05, 0) is 34.7 Å². The van der Waals surface area contributed by atoms with Crippen molar-refractivity contribution < 1.29 is 24.6 Å². The molecule has 1 saturated heterocycles. The van der Waals surface area contributed by atoms with Crippen LogP contribution in [0.3, 0.4) is 0 Å². The van der Waals surface area contributed by atoms with E-state index in [0.29, 0.717) is 11.1 Å². The summed E-state index contributed by atoms with van der Waals surface area (Å²) in [6, 6.07) is 41.7. The van der Waals surface area contributed by atoms with E-state index in [4.69, 9.17) is 0 Å². The van der Waals surface area contributed by atoms with Crippen LogP contribution in [0.4, 0.5) is 4.79 Å². The van der Waals surface area contributed by atoms with E-state index in [2.05, 4.69) is 0 Å². The zero-order valence-electron chi connectivity index (χ0n) is 27.2. The van der Waals surface area contributed by atoms with E-state index in [1.807, 2.05) is 152 Å². The van der Waals surface area contributed by atoms with Crippen LogP contribution in [-0.2, 0) is 34.8 Å². The molecule has 0 saturated carbocycles. The van der Waals surface area contributed by atoms with Crippen molar-refractivity contribution >= 4 is 17.9 Å². The van der Waals surface area contributed by atoms with Gasteiger partial charge in [0.1, 0.15) is 11.6 Å². The largest absolute Gasteiger partial charge is 0.480 e. The minimum atomic E-state index is -1.69. The minimum Gasteiger partial charge on any atom is -0.480 e. The molecule has 2 N–H and O–H groups in total. The van der Waals surface area contributed by atoms with Crippen LogP contribution in [-0.4, -0.2) is 60.9 Å². The lowest BCUT2D eigenvalue weighted by Crippen LogP contribution is -2.59. The molecule has 0 bridgehead atoms. The van der Waals surface area contributed by atoms with E-state index < -0.39 is 41.6 Å². The molecule has 3 atom stereocenters. The first-order chi connectivity index (χ1) is 23.8. The molecule has 1 heterocycles. The normalized spacial score (nSPS) is 16.7. The maximum atomic E-state index is 15.3. The first-order valence-corrected chi connectivity index (χ1v) is 16.3. The van der Waals surface area contributed by atoms with Gasteiger partial charge in [-0.25, -0.2) is 9.59 Å². The summed E-state index contributed by atoms with van der Waals surface area (Å²) in [4.78, 5) is 47.0. The summed E-state index contributed by atoms with van der Waals surface area (Å²) in [5, 5.41) is 23.6. The fourth-order valence-corrected chi connectivity index (χ4v) is 6.79. The van der Waals surface area contributed by atoms with Gasteiger partial charge in [-0.2, -0.15) is 0 Å². The lowest BCUT2D eigenvalue weighted by Gasteiger charge is -2.43. The Labute approximate surface area is 286 Å². The molecule has 1 fully saturated rings. The number of urea groups is 1. The Morgan fingerprint density at radius 2 is 1.00 bits per heavy atom. The monoisotopic (exact) mass is 653 g/mol. The average Bonchev–Trinajstić information content (AvgIpc) is 3.41. The summed E-state index contributed by atoms with van der Waals surface area (Å²) >= 11 is 0. The highest BCUT2D eigenvalue weighted by Gasteiger charge is 2.55. The van der Waals surface area contributed by atoms with Gasteiger partial charge in [0.25, 0.3) is 0 Å². The lowest BCUT2D eigenvalue weighted by molar-refractivity contribution is -0.152. The smallest absolute Gasteiger partial charge is 0.329 e. The number of carbonyl (C=O) groups is 3. The lowest BCUT2D eigenvalue weighted by atomic mass is 9.79. The Morgan fingerprint density at radius 1 is 0.633 bits per heavy atom. The molecule has 49 heavy (non-hydrogen) atoms. The molecule has 1 aliphatic rings. The Kier molecular flexibility index (Phi) is 9.87. The molecule has 0 radical (unpaired) electrons. The predicted octanol–water partition coefficient (Wildman–Crippen LogP) is 6.30. The Balaban J connectivity index is 1.49. The van der Waals surface area contributed by atoms with Gasteiger partial charge < -0.3 is 24.9 Å². The summed E-state index contributed by atoms with van der Waals surface area (Å²) < 4.78 is 0. The Bertz CT molecular complexity index is 1820. The first kappa shape index (κ1) is 33.2. The van der Waals surface area contributed by atoms with Crippen molar-refractivity contribution in [1.29, 1.82) is 0 Å². The minimum absolute atomic E-state index is 0.0118. The second-order valence-corrected chi connectivity index (χ2v) is 12.4. The van der Waals surface area contributed by atoms with Gasteiger partial charge in [-0.1, -0.05) is 152 Å². The fraction of sp³-hybridized carbons (Fsp3) is 0.195. The number of carboxylic acid groups (broad SMARTS) is 1. The molecule has 0 aliphatic carbocycles. The number of aliphatic carboxylic acids is 1. The van der Waals surface area contributed by atoms with Crippen molar-refractivity contribution in [3.8, 4) is 0 Å². The quantitative estimate of drug-likeness (QED) is 0.165. The van der Waals surface area contributed by atoms with Gasteiger partial charge in [-0.15, -0.1) is 0 Å². The standard InChI is InChI=1S/C41H39N3O5/c1-30(41(49,34-23-13-5-14-24-34)35-25-15-6-16-26-35)42(27-31-17-7-2-8-18-31)38(45)36-37(39(46)47)44(29-33-21-11-4-12-22-33)40(48)43(36)28-32-19-9-3-10-20-32/h2-26,30,36-37,49H,27-29H2,1H3,(H,46,47)/t30?,36-,37+/m1/s1. The van der Waals surface area contributed by atoms with E-state index in [-0.39, 0.29) is 19.6 Å². The molecule has 1 unspecified atom stereocenters. The zero-order chi connectivity index (χ0) is 34.4. The van der Waals surface area contributed by atoms with Gasteiger partial charge in [0, 0.05) is 19.6 Å². The van der Waals surface area contributed by atoms with E-state index in [9.17, 15) is 19.8 Å². The molecular formula is C41H39N3O5. The summed E-state index contributed by atoms with van der Waals surface area (Å²) in [7, 11) is 0. The summed E-state index contributed by atoms with van der Waals surface area (Å²) in [6.45, 7) is 1.88. The Hall–Kier alpha value is -5.73. The van der Waals surface area contributed by atoms with E-state index >= 15 is 4.79 Å². The maximum absolute atomic E-state index is 15.3. The second kappa shape index (κ2) is 14.6. The number of amides is 3. The third-order valence-corrected chi connectivity index (χ3v) is 9.34. The van der Waals surface area contributed by atoms with Crippen molar-refractivity contribution in [2.45, 2.75) is 50.3 Å². The highest BCUT2D eigenvalue weighted by molar-refractivity contribution is 5.98. The van der Waals surface area contributed by atoms with Gasteiger partial charge in [0.15, 0.2) is 6.04 Å². The summed E-state index contributed by atoms with van der Waals surface area (Å²) in [5.41, 5.74) is 1.74. The fourth-order valence-electron chi connectivity index (χ4n) is 6.79. The average molecular weight is 654 g/mol. The molecule has 8 heteroatoms. The summed E-state index contributed by atoms with van der Waals surface area (Å²) in [5.74, 6) is -1.86. The second-order valence-electron chi connectivity index (χ2n) is 12.4. The van der Waals surface area contributed by atoms with E-state index in [0.717, 1.165) is 16.7 Å². The molecule has 0 spiro atoms. The molecule has 5 aromatic rings. The molecule has 6 rings (SSSR count). The number of benzene rings is 5. The SMILES string of the molecule is CC(N(Cc1ccccc1)C(=O)[C@H]1[C@@H](C(=O)O)N(Cc2ccccc2)C(=O)N1Cc1ccccc1)C(O)(c1ccccc1)c1ccccc1. The van der Waals surface area contributed by atoms with Crippen molar-refractivity contribution in [1.82, 2.24) is 14.7 Å². The Morgan fingerprint density at radius 3 is 1.41 bits per heavy atom. The molecule has 8 nitrogen and oxygen atoms in total. The van der Waals surface area contributed by atoms with Crippen molar-refractivity contribution in [3.63, 3.8) is 0 Å². The van der Waals surface area contributed by atoms with Crippen LogP contribution in [0.1, 0.15) is 34.7 Å². The van der Waals surface area contributed by atoms with E-state index in [1.165, 1.54) is 14.7 Å². The van der Waals surface area contributed by atoms with Crippen LogP contribution in [0.2, 0.25) is 0 Å². The van der Waals surface area contributed by atoms with Gasteiger partial charge >= 0.3 is 12.0 Å². The van der Waals surface area contributed by atoms with Crippen LogP contribution in [0.25, 0.3) is 0 Å². The molecule has 248 valence electrons. The highest BCUT2D eigenvalue weighted by Crippen LogP contribution is 2.38. The molecule has 5 aromatic carbocycles. The molecule has 0 aromatic heterocycles. The van der Waals surface area contributed by atoms with Crippen molar-refractivity contribution in [3.05, 3.63) is 179 Å². The van der Waals surface area contributed by atoms with Gasteiger partial charge in [-0.3, -0.25) is 4.79 Å². The number of hydrogen-bond donors (Lipinski definition) is 2. The van der Waals surface area contributed by atoms with Crippen LogP contribution < -0.4 is 0 Å². The number of carbonyl (C=O) groups excluding carboxylic acids is 2. The maximum Gasteiger partial charge on any atom is 0.329 e. The molecular weight excluding hydrogens is 614 g/mol.